The van der Waals surface area contributed by atoms with Gasteiger partial charge in [0.1, 0.15) is 11.3 Å². The Bertz CT molecular complexity index is 1010. The number of carbonyl (C=O) groups excluding carboxylic acids is 1. The molecule has 3 aromatic rings. The maximum absolute atomic E-state index is 11.9. The number of aromatic nitrogens is 3. The van der Waals surface area contributed by atoms with Crippen molar-refractivity contribution in [2.45, 2.75) is 6.92 Å². The molecule has 0 saturated heterocycles. The van der Waals surface area contributed by atoms with Crippen LogP contribution in [0.1, 0.15) is 6.92 Å². The highest BCUT2D eigenvalue weighted by Crippen LogP contribution is 2.21. The summed E-state index contributed by atoms with van der Waals surface area (Å²) in [6.07, 6.45) is 1.49. The Morgan fingerprint density at radius 2 is 2.04 bits per heavy atom. The van der Waals surface area contributed by atoms with Crippen LogP contribution in [0.3, 0.4) is 0 Å². The highest BCUT2D eigenvalue weighted by atomic mass is 32.1. The number of pyridine rings is 1. The zero-order valence-electron chi connectivity index (χ0n) is 14.2. The Labute approximate surface area is 159 Å². The van der Waals surface area contributed by atoms with Crippen LogP contribution in [0.25, 0.3) is 11.2 Å². The van der Waals surface area contributed by atoms with E-state index in [1.54, 1.807) is 31.2 Å². The van der Waals surface area contributed by atoms with E-state index >= 15 is 0 Å². The van der Waals surface area contributed by atoms with E-state index in [9.17, 15) is 14.9 Å². The van der Waals surface area contributed by atoms with E-state index in [4.69, 9.17) is 0 Å². The molecule has 0 radical (unpaired) electrons. The molecule has 2 N–H and O–H groups in total. The lowest BCUT2D eigenvalue weighted by molar-refractivity contribution is -0.384. The third kappa shape index (κ3) is 4.39. The van der Waals surface area contributed by atoms with Gasteiger partial charge in [0.15, 0.2) is 11.5 Å². The second kappa shape index (κ2) is 7.83. The van der Waals surface area contributed by atoms with Gasteiger partial charge in [-0.1, -0.05) is 18.9 Å². The number of benzene rings is 1. The Hall–Kier alpha value is -3.47. The summed E-state index contributed by atoms with van der Waals surface area (Å²) in [5, 5.41) is 16.4. The summed E-state index contributed by atoms with van der Waals surface area (Å²) in [6.45, 7) is 2.22. The summed E-state index contributed by atoms with van der Waals surface area (Å²) in [5.74, 6) is 0.671. The average Bonchev–Trinajstić information content (AvgIpc) is 2.67. The highest BCUT2D eigenvalue weighted by Gasteiger charge is 2.10. The molecule has 0 spiro atoms. The fourth-order valence-corrected chi connectivity index (χ4v) is 2.24. The first-order valence-electron chi connectivity index (χ1n) is 7.89. The van der Waals surface area contributed by atoms with E-state index in [0.717, 1.165) is 0 Å². The molecule has 0 aliphatic rings. The summed E-state index contributed by atoms with van der Waals surface area (Å²) >= 11 is 4.03. The summed E-state index contributed by atoms with van der Waals surface area (Å²) in [5.41, 5.74) is 1.31. The number of fused-ring (bicyclic) bond motifs is 1. The lowest BCUT2D eigenvalue weighted by Crippen LogP contribution is -2.27. The van der Waals surface area contributed by atoms with Gasteiger partial charge in [0, 0.05) is 24.4 Å². The first-order chi connectivity index (χ1) is 13.0. The molecule has 138 valence electrons. The van der Waals surface area contributed by atoms with Crippen molar-refractivity contribution in [1.82, 2.24) is 19.3 Å². The molecular weight excluding hydrogens is 370 g/mol. The number of nitro benzene ring substituents is 1. The van der Waals surface area contributed by atoms with Gasteiger partial charge < -0.3 is 5.32 Å². The number of non-ortho nitro benzene ring substituents is 1. The molecule has 27 heavy (non-hydrogen) atoms. The number of nitrogens with zero attached hydrogens (tertiary/aromatic N) is 5. The van der Waals surface area contributed by atoms with E-state index in [1.165, 1.54) is 22.6 Å². The minimum absolute atomic E-state index is 0.0379. The topological polar surface area (TPSA) is 126 Å². The number of amides is 2. The summed E-state index contributed by atoms with van der Waals surface area (Å²) in [6, 6.07) is 8.91. The molecular formula is C16H15N7O3S. The van der Waals surface area contributed by atoms with Crippen molar-refractivity contribution < 1.29 is 9.72 Å². The number of nitrogens with one attached hydrogen (secondary N) is 2. The fourth-order valence-electron chi connectivity index (χ4n) is 2.19. The van der Waals surface area contributed by atoms with E-state index in [1.807, 2.05) is 0 Å². The Kier molecular flexibility index (Phi) is 5.31. The van der Waals surface area contributed by atoms with Gasteiger partial charge in [-0.05, 0) is 25.1 Å². The minimum Gasteiger partial charge on any atom is -0.339 e. The summed E-state index contributed by atoms with van der Waals surface area (Å²) < 4.78 is 1.21. The monoisotopic (exact) mass is 385 g/mol. The molecule has 0 atom stereocenters. The van der Waals surface area contributed by atoms with Crippen molar-refractivity contribution in [2.24, 2.45) is 0 Å². The molecule has 0 aliphatic heterocycles. The number of urea groups is 1. The number of nitro groups is 1. The SMILES string of the molecule is CCN(S)C(=O)Nc1ccc2ncc(Nc3cccc([N+](=O)[O-])c3)nc2n1. The molecule has 11 heteroatoms. The second-order valence-electron chi connectivity index (χ2n) is 5.37. The molecule has 0 bridgehead atoms. The van der Waals surface area contributed by atoms with Crippen LogP contribution in [0.5, 0.6) is 0 Å². The van der Waals surface area contributed by atoms with Gasteiger partial charge in [-0.15, -0.1) is 0 Å². The molecule has 2 heterocycles. The molecule has 0 fully saturated rings. The molecule has 0 unspecified atom stereocenters. The van der Waals surface area contributed by atoms with Crippen LogP contribution in [-0.4, -0.2) is 36.8 Å². The predicted octanol–water partition coefficient (Wildman–Crippen LogP) is 3.38. The Morgan fingerprint density at radius 3 is 2.78 bits per heavy atom. The molecule has 2 aromatic heterocycles. The van der Waals surface area contributed by atoms with Crippen LogP contribution >= 0.6 is 12.8 Å². The summed E-state index contributed by atoms with van der Waals surface area (Å²) in [7, 11) is 0. The van der Waals surface area contributed by atoms with E-state index in [2.05, 4.69) is 38.4 Å². The van der Waals surface area contributed by atoms with Crippen LogP contribution in [0, 0.1) is 10.1 Å². The van der Waals surface area contributed by atoms with Gasteiger partial charge in [0.05, 0.1) is 11.1 Å². The van der Waals surface area contributed by atoms with Gasteiger partial charge in [0.2, 0.25) is 0 Å². The zero-order chi connectivity index (χ0) is 19.4. The van der Waals surface area contributed by atoms with Crippen LogP contribution in [0.2, 0.25) is 0 Å². The second-order valence-corrected chi connectivity index (χ2v) is 5.86. The van der Waals surface area contributed by atoms with E-state index in [0.29, 0.717) is 35.0 Å². The Morgan fingerprint density at radius 1 is 1.26 bits per heavy atom. The Balaban J connectivity index is 1.84. The van der Waals surface area contributed by atoms with Crippen LogP contribution in [0.4, 0.5) is 27.8 Å². The van der Waals surface area contributed by atoms with Gasteiger partial charge in [-0.3, -0.25) is 19.7 Å². The van der Waals surface area contributed by atoms with E-state index < -0.39 is 11.0 Å². The number of hydrogen-bond donors (Lipinski definition) is 3. The van der Waals surface area contributed by atoms with Crippen molar-refractivity contribution >= 4 is 53.0 Å². The first kappa shape index (κ1) is 18.3. The lowest BCUT2D eigenvalue weighted by Gasteiger charge is -2.13. The van der Waals surface area contributed by atoms with Gasteiger partial charge in [-0.25, -0.2) is 19.7 Å². The van der Waals surface area contributed by atoms with Gasteiger partial charge >= 0.3 is 6.03 Å². The molecule has 10 nitrogen and oxygen atoms in total. The lowest BCUT2D eigenvalue weighted by atomic mass is 10.3. The maximum atomic E-state index is 11.9. The number of anilines is 3. The quantitative estimate of drug-likeness (QED) is 0.349. The zero-order valence-corrected chi connectivity index (χ0v) is 15.1. The van der Waals surface area contributed by atoms with Crippen molar-refractivity contribution in [3.63, 3.8) is 0 Å². The minimum atomic E-state index is -0.477. The molecule has 2 amide bonds. The highest BCUT2D eigenvalue weighted by molar-refractivity contribution is 7.78. The van der Waals surface area contributed by atoms with Crippen LogP contribution in [0.15, 0.2) is 42.6 Å². The largest absolute Gasteiger partial charge is 0.339 e. The number of hydrogen-bond acceptors (Lipinski definition) is 8. The van der Waals surface area contributed by atoms with Gasteiger partial charge in [-0.2, -0.15) is 0 Å². The van der Waals surface area contributed by atoms with Crippen molar-refractivity contribution in [3.8, 4) is 0 Å². The van der Waals surface area contributed by atoms with Crippen molar-refractivity contribution in [3.05, 3.63) is 52.7 Å². The standard InChI is InChI=1S/C16H15N7O3S/c1-2-22(27)16(24)21-13-7-6-12-15(19-13)20-14(9-17-12)18-10-4-3-5-11(8-10)23(25)26/h3-9,27H,2H2,1H3,(H2,18,19,20,21,24). The normalized spacial score (nSPS) is 10.4. The third-order valence-corrected chi connectivity index (χ3v) is 3.97. The molecule has 3 rings (SSSR count). The fraction of sp³-hybridized carbons (Fsp3) is 0.125. The van der Waals surface area contributed by atoms with Crippen molar-refractivity contribution in [2.75, 3.05) is 17.2 Å². The van der Waals surface area contributed by atoms with Crippen LogP contribution in [-0.2, 0) is 0 Å². The third-order valence-electron chi connectivity index (χ3n) is 3.51. The molecule has 0 aliphatic carbocycles. The number of thiol groups is 1. The first-order valence-corrected chi connectivity index (χ1v) is 8.29. The number of carbonyl (C=O) groups is 1. The van der Waals surface area contributed by atoms with Gasteiger partial charge in [0.25, 0.3) is 5.69 Å². The predicted molar refractivity (Wildman–Crippen MR) is 104 cm³/mol. The van der Waals surface area contributed by atoms with E-state index in [-0.39, 0.29) is 5.69 Å². The smallest absolute Gasteiger partial charge is 0.332 e. The molecule has 1 aromatic carbocycles. The van der Waals surface area contributed by atoms with Crippen molar-refractivity contribution in [1.29, 1.82) is 0 Å². The number of rotatable bonds is 5. The van der Waals surface area contributed by atoms with Crippen LogP contribution < -0.4 is 10.6 Å². The summed E-state index contributed by atoms with van der Waals surface area (Å²) in [4.78, 5) is 35.1. The molecule has 0 saturated carbocycles. The maximum Gasteiger partial charge on any atom is 0.332 e. The average molecular weight is 385 g/mol.